The zero-order chi connectivity index (χ0) is 8.48. The highest BCUT2D eigenvalue weighted by molar-refractivity contribution is 6.62. The molecule has 1 fully saturated rings. The van der Waals surface area contributed by atoms with Crippen LogP contribution >= 0.6 is 11.6 Å². The number of ether oxygens (including phenoxy) is 1. The molecule has 1 heterocycles. The van der Waals surface area contributed by atoms with Crippen LogP contribution in [-0.2, 0) is 4.74 Å². The van der Waals surface area contributed by atoms with Gasteiger partial charge in [0.05, 0.1) is 18.8 Å². The molecule has 0 saturated carbocycles. The summed E-state index contributed by atoms with van der Waals surface area (Å²) in [5, 5.41) is -0.390. The minimum absolute atomic E-state index is 0.253. The molecule has 0 spiro atoms. The van der Waals surface area contributed by atoms with E-state index in [1.165, 1.54) is 0 Å². The van der Waals surface area contributed by atoms with Crippen LogP contribution in [0.4, 0.5) is 4.79 Å². The molecule has 0 aromatic carbocycles. The van der Waals surface area contributed by atoms with Crippen molar-refractivity contribution in [1.82, 2.24) is 4.90 Å². The van der Waals surface area contributed by atoms with Crippen molar-refractivity contribution >= 4 is 17.0 Å². The third kappa shape index (κ3) is 1.84. The van der Waals surface area contributed by atoms with Gasteiger partial charge >= 0.3 is 5.37 Å². The van der Waals surface area contributed by atoms with Crippen LogP contribution in [-0.4, -0.2) is 35.6 Å². The summed E-state index contributed by atoms with van der Waals surface area (Å²) >= 11 is 5.37. The highest BCUT2D eigenvalue weighted by atomic mass is 35.5. The van der Waals surface area contributed by atoms with Crippen molar-refractivity contribution in [3.05, 3.63) is 0 Å². The molecule has 3 nitrogen and oxygen atoms in total. The Morgan fingerprint density at radius 2 is 2.27 bits per heavy atom. The summed E-state index contributed by atoms with van der Waals surface area (Å²) in [6.45, 7) is 5.61. The quantitative estimate of drug-likeness (QED) is 0.414. The predicted octanol–water partition coefficient (Wildman–Crippen LogP) is 1.46. The summed E-state index contributed by atoms with van der Waals surface area (Å²) in [7, 11) is 0. The van der Waals surface area contributed by atoms with E-state index >= 15 is 0 Å². The fourth-order valence-electron chi connectivity index (χ4n) is 1.18. The molecule has 0 radical (unpaired) electrons. The van der Waals surface area contributed by atoms with Gasteiger partial charge in [-0.15, -0.1) is 0 Å². The van der Waals surface area contributed by atoms with Crippen LogP contribution in [0.3, 0.4) is 0 Å². The number of hydrogen-bond acceptors (Lipinski definition) is 2. The van der Waals surface area contributed by atoms with Gasteiger partial charge < -0.3 is 9.64 Å². The van der Waals surface area contributed by atoms with Gasteiger partial charge in [0.2, 0.25) is 0 Å². The van der Waals surface area contributed by atoms with Crippen LogP contribution in [0.1, 0.15) is 13.8 Å². The Kier molecular flexibility index (Phi) is 2.40. The number of carbonyl (C=O) groups is 1. The maximum absolute atomic E-state index is 10.9. The summed E-state index contributed by atoms with van der Waals surface area (Å²) in [5.41, 5.74) is -0.253. The first kappa shape index (κ1) is 8.81. The van der Waals surface area contributed by atoms with Crippen LogP contribution in [0, 0.1) is 0 Å². The number of morpholine rings is 1. The van der Waals surface area contributed by atoms with Gasteiger partial charge in [0.25, 0.3) is 0 Å². The molecular weight excluding hydrogens is 166 g/mol. The summed E-state index contributed by atoms with van der Waals surface area (Å²) < 4.78 is 5.21. The van der Waals surface area contributed by atoms with E-state index in [1.807, 2.05) is 13.8 Å². The normalized spacial score (nSPS) is 23.4. The van der Waals surface area contributed by atoms with Crippen molar-refractivity contribution in [3.8, 4) is 0 Å². The van der Waals surface area contributed by atoms with Crippen molar-refractivity contribution in [2.24, 2.45) is 0 Å². The van der Waals surface area contributed by atoms with Crippen molar-refractivity contribution in [3.63, 3.8) is 0 Å². The molecule has 0 atom stereocenters. The molecular formula is C7H12ClNO2. The molecule has 0 N–H and O–H groups in total. The van der Waals surface area contributed by atoms with Gasteiger partial charge in [-0.1, -0.05) is 0 Å². The van der Waals surface area contributed by atoms with Gasteiger partial charge in [0.1, 0.15) is 0 Å². The van der Waals surface area contributed by atoms with Crippen LogP contribution in [0.5, 0.6) is 0 Å². The van der Waals surface area contributed by atoms with Crippen LogP contribution < -0.4 is 0 Å². The number of nitrogens with zero attached hydrogens (tertiary/aromatic N) is 1. The number of halogens is 1. The topological polar surface area (TPSA) is 29.5 Å². The Balaban J connectivity index is 2.67. The van der Waals surface area contributed by atoms with Crippen LogP contribution in [0.25, 0.3) is 0 Å². The minimum Gasteiger partial charge on any atom is -0.377 e. The van der Waals surface area contributed by atoms with Crippen molar-refractivity contribution < 1.29 is 9.53 Å². The average molecular weight is 178 g/mol. The molecule has 1 aliphatic rings. The standard InChI is InChI=1S/C7H12ClNO2/c1-7(2)5-11-4-3-9(7)6(8)10/h3-5H2,1-2H3. The molecule has 1 aliphatic heterocycles. The second-order valence-corrected chi connectivity index (χ2v) is 3.59. The lowest BCUT2D eigenvalue weighted by molar-refractivity contribution is -0.0225. The fourth-order valence-corrected chi connectivity index (χ4v) is 1.50. The maximum atomic E-state index is 10.9. The van der Waals surface area contributed by atoms with Gasteiger partial charge in [-0.2, -0.15) is 0 Å². The summed E-state index contributed by atoms with van der Waals surface area (Å²) in [6, 6.07) is 0. The number of carbonyl (C=O) groups excluding carboxylic acids is 1. The first-order valence-corrected chi connectivity index (χ1v) is 3.97. The SMILES string of the molecule is CC1(C)COCCN1C(=O)Cl. The molecule has 0 bridgehead atoms. The van der Waals surface area contributed by atoms with E-state index in [2.05, 4.69) is 0 Å². The van der Waals surface area contributed by atoms with Crippen molar-refractivity contribution in [2.75, 3.05) is 19.8 Å². The second-order valence-electron chi connectivity index (χ2n) is 3.27. The lowest BCUT2D eigenvalue weighted by Crippen LogP contribution is -2.53. The van der Waals surface area contributed by atoms with E-state index in [9.17, 15) is 4.79 Å². The zero-order valence-corrected chi connectivity index (χ0v) is 7.52. The maximum Gasteiger partial charge on any atom is 0.316 e. The third-order valence-electron chi connectivity index (χ3n) is 1.86. The molecule has 1 saturated heterocycles. The van der Waals surface area contributed by atoms with E-state index in [-0.39, 0.29) is 5.54 Å². The van der Waals surface area contributed by atoms with Crippen LogP contribution in [0.2, 0.25) is 0 Å². The fraction of sp³-hybridized carbons (Fsp3) is 0.857. The monoisotopic (exact) mass is 177 g/mol. The lowest BCUT2D eigenvalue weighted by Gasteiger charge is -2.40. The Morgan fingerprint density at radius 1 is 1.64 bits per heavy atom. The Labute approximate surface area is 71.3 Å². The smallest absolute Gasteiger partial charge is 0.316 e. The molecule has 1 amide bonds. The summed E-state index contributed by atoms with van der Waals surface area (Å²) in [6.07, 6.45) is 0. The molecule has 11 heavy (non-hydrogen) atoms. The molecule has 1 rings (SSSR count). The first-order chi connectivity index (χ1) is 5.04. The van der Waals surface area contributed by atoms with Gasteiger partial charge in [0.15, 0.2) is 0 Å². The highest BCUT2D eigenvalue weighted by Gasteiger charge is 2.32. The van der Waals surface area contributed by atoms with Crippen molar-refractivity contribution in [2.45, 2.75) is 19.4 Å². The summed E-state index contributed by atoms with van der Waals surface area (Å²) in [4.78, 5) is 12.5. The molecule has 0 aromatic rings. The Morgan fingerprint density at radius 3 is 2.64 bits per heavy atom. The number of rotatable bonds is 0. The van der Waals surface area contributed by atoms with E-state index < -0.39 is 5.37 Å². The first-order valence-electron chi connectivity index (χ1n) is 3.59. The zero-order valence-electron chi connectivity index (χ0n) is 6.76. The predicted molar refractivity (Wildman–Crippen MR) is 42.9 cm³/mol. The average Bonchev–Trinajstić information content (AvgIpc) is 1.85. The minimum atomic E-state index is -0.390. The van der Waals surface area contributed by atoms with Gasteiger partial charge in [-0.05, 0) is 25.4 Å². The van der Waals surface area contributed by atoms with Gasteiger partial charge in [0, 0.05) is 6.54 Å². The number of amides is 1. The summed E-state index contributed by atoms with van der Waals surface area (Å²) in [5.74, 6) is 0. The number of hydrogen-bond donors (Lipinski definition) is 0. The Bertz CT molecular complexity index is 170. The van der Waals surface area contributed by atoms with E-state index in [0.717, 1.165) is 0 Å². The molecule has 64 valence electrons. The second kappa shape index (κ2) is 2.99. The molecule has 0 aliphatic carbocycles. The van der Waals surface area contributed by atoms with Crippen molar-refractivity contribution in [1.29, 1.82) is 0 Å². The van der Waals surface area contributed by atoms with Gasteiger partial charge in [-0.3, -0.25) is 4.79 Å². The van der Waals surface area contributed by atoms with Crippen LogP contribution in [0.15, 0.2) is 0 Å². The largest absolute Gasteiger partial charge is 0.377 e. The van der Waals surface area contributed by atoms with E-state index in [4.69, 9.17) is 16.3 Å². The molecule has 0 aromatic heterocycles. The Hall–Kier alpha value is -0.280. The highest BCUT2D eigenvalue weighted by Crippen LogP contribution is 2.20. The lowest BCUT2D eigenvalue weighted by atomic mass is 10.0. The van der Waals surface area contributed by atoms with Gasteiger partial charge in [-0.25, -0.2) is 0 Å². The molecule has 4 heteroatoms. The van der Waals surface area contributed by atoms with E-state index in [0.29, 0.717) is 19.8 Å². The molecule has 0 unspecified atom stereocenters. The third-order valence-corrected chi connectivity index (χ3v) is 2.06. The van der Waals surface area contributed by atoms with E-state index in [1.54, 1.807) is 4.90 Å².